The summed E-state index contributed by atoms with van der Waals surface area (Å²) in [4.78, 5) is 16.1. The number of hydrogen-bond donors (Lipinski definition) is 2. The largest absolute Gasteiger partial charge is 0.411 e. The molecule has 3 aromatic rings. The number of halogens is 3. The van der Waals surface area contributed by atoms with Crippen LogP contribution in [-0.4, -0.2) is 69.3 Å². The van der Waals surface area contributed by atoms with Gasteiger partial charge in [0.2, 0.25) is 5.95 Å². The third-order valence-electron chi connectivity index (χ3n) is 5.88. The Labute approximate surface area is 188 Å². The maximum absolute atomic E-state index is 12.4. The molecule has 0 aromatic carbocycles. The molecule has 2 fully saturated rings. The summed E-state index contributed by atoms with van der Waals surface area (Å²) in [5.41, 5.74) is 2.08. The van der Waals surface area contributed by atoms with Gasteiger partial charge in [0, 0.05) is 31.4 Å². The van der Waals surface area contributed by atoms with Gasteiger partial charge in [-0.1, -0.05) is 6.07 Å². The summed E-state index contributed by atoms with van der Waals surface area (Å²) in [6, 6.07) is 5.49. The molecule has 12 heteroatoms. The third-order valence-corrected chi connectivity index (χ3v) is 5.88. The summed E-state index contributed by atoms with van der Waals surface area (Å²) in [6.07, 6.45) is -0.421. The molecule has 4 heterocycles. The lowest BCUT2D eigenvalue weighted by atomic mass is 10.2. The van der Waals surface area contributed by atoms with E-state index in [1.165, 1.54) is 0 Å². The van der Waals surface area contributed by atoms with Crippen molar-refractivity contribution in [3.8, 4) is 0 Å². The van der Waals surface area contributed by atoms with Crippen LogP contribution in [0.1, 0.15) is 18.5 Å². The Hall–Kier alpha value is -2.99. The summed E-state index contributed by atoms with van der Waals surface area (Å²) in [6.45, 7) is 3.01. The molecule has 0 bridgehead atoms. The van der Waals surface area contributed by atoms with E-state index < -0.39 is 12.8 Å². The first-order valence-electron chi connectivity index (χ1n) is 10.9. The molecule has 3 aromatic heterocycles. The average molecular weight is 462 g/mol. The number of piperazine rings is 1. The molecular weight excluding hydrogens is 437 g/mol. The van der Waals surface area contributed by atoms with E-state index in [1.54, 1.807) is 10.9 Å². The minimum absolute atomic E-state index is 0.136. The second kappa shape index (κ2) is 8.41. The quantitative estimate of drug-likeness (QED) is 0.518. The minimum atomic E-state index is -4.37. The maximum atomic E-state index is 12.4. The summed E-state index contributed by atoms with van der Waals surface area (Å²) in [7, 11) is 0. The van der Waals surface area contributed by atoms with E-state index in [0.717, 1.165) is 32.5 Å². The molecule has 2 N–H and O–H groups in total. The molecule has 1 saturated heterocycles. The van der Waals surface area contributed by atoms with Crippen LogP contribution in [0, 0.1) is 6.92 Å². The van der Waals surface area contributed by atoms with E-state index in [9.17, 15) is 13.2 Å². The molecule has 1 aliphatic carbocycles. The van der Waals surface area contributed by atoms with Gasteiger partial charge in [-0.3, -0.25) is 4.68 Å². The number of rotatable bonds is 7. The van der Waals surface area contributed by atoms with Crippen LogP contribution in [0.5, 0.6) is 0 Å². The number of aryl methyl sites for hydroxylation is 1. The number of nitrogens with zero attached hydrogens (tertiary/aromatic N) is 6. The van der Waals surface area contributed by atoms with Crippen LogP contribution in [0.3, 0.4) is 0 Å². The predicted octanol–water partition coefficient (Wildman–Crippen LogP) is 2.79. The fourth-order valence-electron chi connectivity index (χ4n) is 4.12. The van der Waals surface area contributed by atoms with Gasteiger partial charge in [-0.05, 0) is 31.9 Å². The van der Waals surface area contributed by atoms with Crippen molar-refractivity contribution < 1.29 is 17.9 Å². The van der Waals surface area contributed by atoms with Gasteiger partial charge in [-0.25, -0.2) is 9.97 Å². The molecular formula is C21H25F3N8O. The van der Waals surface area contributed by atoms with Crippen LogP contribution >= 0.6 is 0 Å². The van der Waals surface area contributed by atoms with Gasteiger partial charge in [0.05, 0.1) is 18.8 Å². The van der Waals surface area contributed by atoms with Crippen molar-refractivity contribution in [2.24, 2.45) is 0 Å². The highest BCUT2D eigenvalue weighted by Gasteiger charge is 2.46. The second-order valence-electron chi connectivity index (χ2n) is 8.51. The Balaban J connectivity index is 1.48. The van der Waals surface area contributed by atoms with Crippen LogP contribution in [0.15, 0.2) is 24.4 Å². The highest BCUT2D eigenvalue weighted by Crippen LogP contribution is 2.39. The zero-order valence-corrected chi connectivity index (χ0v) is 18.2. The van der Waals surface area contributed by atoms with E-state index in [-0.39, 0.29) is 18.7 Å². The van der Waals surface area contributed by atoms with Crippen molar-refractivity contribution in [2.45, 2.75) is 38.0 Å². The normalized spacial score (nSPS) is 17.6. The maximum Gasteiger partial charge on any atom is 0.411 e. The van der Waals surface area contributed by atoms with Crippen LogP contribution in [0.4, 0.5) is 30.8 Å². The van der Waals surface area contributed by atoms with E-state index in [1.807, 2.05) is 25.1 Å². The van der Waals surface area contributed by atoms with Gasteiger partial charge < -0.3 is 20.3 Å². The first-order chi connectivity index (χ1) is 15.8. The molecule has 33 heavy (non-hydrogen) atoms. The lowest BCUT2D eigenvalue weighted by Gasteiger charge is -2.34. The number of fused-ring (bicyclic) bond motifs is 1. The molecule has 2 aliphatic rings. The first kappa shape index (κ1) is 21.8. The Bertz CT molecular complexity index is 1130. The number of alkyl halides is 3. The number of ether oxygens (including phenoxy) is 1. The Morgan fingerprint density at radius 3 is 2.82 bits per heavy atom. The summed E-state index contributed by atoms with van der Waals surface area (Å²) in [5.74, 6) is 1.71. The SMILES string of the molecule is Cc1nn(CCOCC(F)(F)F)c2c(Nc3ccccn3)nc(N3CCNC4(CC4)C3)nc12. The first-order valence-corrected chi connectivity index (χ1v) is 10.9. The Morgan fingerprint density at radius 2 is 2.09 bits per heavy atom. The van der Waals surface area contributed by atoms with Crippen LogP contribution in [0.2, 0.25) is 0 Å². The molecule has 0 atom stereocenters. The monoisotopic (exact) mass is 462 g/mol. The van der Waals surface area contributed by atoms with Gasteiger partial charge in [0.1, 0.15) is 23.5 Å². The van der Waals surface area contributed by atoms with E-state index in [0.29, 0.717) is 34.3 Å². The van der Waals surface area contributed by atoms with Gasteiger partial charge >= 0.3 is 6.18 Å². The zero-order chi connectivity index (χ0) is 23.1. The van der Waals surface area contributed by atoms with Crippen molar-refractivity contribution in [1.82, 2.24) is 30.0 Å². The molecule has 1 spiro atoms. The van der Waals surface area contributed by atoms with E-state index in [4.69, 9.17) is 14.7 Å². The van der Waals surface area contributed by atoms with Crippen LogP contribution < -0.4 is 15.5 Å². The second-order valence-corrected chi connectivity index (χ2v) is 8.51. The standard InChI is InChI=1S/C21H25F3N8O/c1-14-16-17(32(30-14)10-11-33-13-21(22,23)24)18(27-15-4-2-3-7-25-15)29-19(28-16)31-9-8-26-20(12-31)5-6-20/h2-4,7,26H,5-6,8-13H2,1H3,(H,25,27,28,29). The Morgan fingerprint density at radius 1 is 1.24 bits per heavy atom. The molecule has 0 amide bonds. The fourth-order valence-corrected chi connectivity index (χ4v) is 4.12. The predicted molar refractivity (Wildman–Crippen MR) is 117 cm³/mol. The van der Waals surface area contributed by atoms with Gasteiger partial charge in [-0.15, -0.1) is 0 Å². The van der Waals surface area contributed by atoms with Gasteiger partial charge in [0.15, 0.2) is 5.82 Å². The third kappa shape index (κ3) is 4.86. The molecule has 5 rings (SSSR count). The number of hydrogen-bond acceptors (Lipinski definition) is 8. The fraction of sp³-hybridized carbons (Fsp3) is 0.524. The van der Waals surface area contributed by atoms with Crippen molar-refractivity contribution in [3.05, 3.63) is 30.1 Å². The lowest BCUT2D eigenvalue weighted by Crippen LogP contribution is -2.53. The lowest BCUT2D eigenvalue weighted by molar-refractivity contribution is -0.174. The summed E-state index contributed by atoms with van der Waals surface area (Å²) >= 11 is 0. The average Bonchev–Trinajstić information content (AvgIpc) is 3.44. The topological polar surface area (TPSA) is 93.0 Å². The molecule has 9 nitrogen and oxygen atoms in total. The van der Waals surface area contributed by atoms with E-state index >= 15 is 0 Å². The molecule has 1 saturated carbocycles. The van der Waals surface area contributed by atoms with Crippen molar-refractivity contribution in [3.63, 3.8) is 0 Å². The van der Waals surface area contributed by atoms with Crippen molar-refractivity contribution >= 4 is 28.6 Å². The van der Waals surface area contributed by atoms with Crippen molar-refractivity contribution in [2.75, 3.05) is 43.1 Å². The molecule has 0 radical (unpaired) electrons. The van der Waals surface area contributed by atoms with Gasteiger partial charge in [0.25, 0.3) is 0 Å². The molecule has 1 aliphatic heterocycles. The van der Waals surface area contributed by atoms with Gasteiger partial charge in [-0.2, -0.15) is 23.3 Å². The number of nitrogens with one attached hydrogen (secondary N) is 2. The number of pyridine rings is 1. The van der Waals surface area contributed by atoms with Crippen LogP contribution in [-0.2, 0) is 11.3 Å². The number of anilines is 3. The minimum Gasteiger partial charge on any atom is -0.370 e. The zero-order valence-electron chi connectivity index (χ0n) is 18.2. The van der Waals surface area contributed by atoms with E-state index in [2.05, 4.69) is 25.6 Å². The molecule has 176 valence electrons. The van der Waals surface area contributed by atoms with Crippen molar-refractivity contribution in [1.29, 1.82) is 0 Å². The smallest absolute Gasteiger partial charge is 0.370 e. The summed E-state index contributed by atoms with van der Waals surface area (Å²) < 4.78 is 43.7. The summed E-state index contributed by atoms with van der Waals surface area (Å²) in [5, 5.41) is 11.3. The molecule has 0 unspecified atom stereocenters. The number of aromatic nitrogens is 5. The Kier molecular flexibility index (Phi) is 5.57. The highest BCUT2D eigenvalue weighted by atomic mass is 19.4. The highest BCUT2D eigenvalue weighted by molar-refractivity contribution is 5.90. The van der Waals surface area contributed by atoms with Crippen LogP contribution in [0.25, 0.3) is 11.0 Å².